The fourth-order valence-corrected chi connectivity index (χ4v) is 9.44. The van der Waals surface area contributed by atoms with Crippen LogP contribution >= 0.6 is 0 Å². The number of imide groups is 1. The molecule has 0 aromatic heterocycles. The van der Waals surface area contributed by atoms with Gasteiger partial charge >= 0.3 is 5.97 Å². The van der Waals surface area contributed by atoms with Crippen LogP contribution in [0.3, 0.4) is 0 Å². The summed E-state index contributed by atoms with van der Waals surface area (Å²) in [5, 5.41) is 15.6. The smallest absolute Gasteiger partial charge is 0.326 e. The first-order valence-corrected chi connectivity index (χ1v) is 25.8. The van der Waals surface area contributed by atoms with Gasteiger partial charge in [-0.05, 0) is 36.2 Å². The minimum absolute atomic E-state index is 0.0929. The molecule has 2 aliphatic rings. The van der Waals surface area contributed by atoms with Crippen molar-refractivity contribution in [1.82, 2.24) is 30.2 Å². The highest BCUT2D eigenvalue weighted by molar-refractivity contribution is 6.12. The molecule has 3 N–H and O–H groups in total. The van der Waals surface area contributed by atoms with E-state index in [1.165, 1.54) is 38.3 Å². The zero-order valence-corrected chi connectivity index (χ0v) is 45.5. The topological polar surface area (TPSA) is 249 Å². The number of likely N-dealkylation sites (N-methyl/N-ethyl adjacent to an activating group) is 2. The number of ether oxygens (including phenoxy) is 6. The molecular weight excluding hydrogens is 961 g/mol. The SMILES string of the molecule is CC[C@H](C)C([C@@H](CC(=O)N1CCC[C@H]1[C@H](OC)[C@@H](C)C(=O)N[C@H](Cc1ccccc1)C(=O)O)OC)N(C)C(=O)[C@@H](NC(=O)[C@H](C(C)C)N(C)C(=O)COCCOCCOCCOCCN1C(=O)C=CC1=O)C(C)C. The third-order valence-corrected chi connectivity index (χ3v) is 13.8. The molecule has 416 valence electrons. The normalized spacial score (nSPS) is 17.9. The molecule has 9 atom stereocenters. The molecule has 21 nitrogen and oxygen atoms in total. The Labute approximate surface area is 437 Å². The molecular formula is C53H84N6O15. The van der Waals surface area contributed by atoms with Crippen molar-refractivity contribution in [3.63, 3.8) is 0 Å². The number of aliphatic carboxylic acids is 1. The Hall–Kier alpha value is -5.32. The van der Waals surface area contributed by atoms with Crippen molar-refractivity contribution in [2.24, 2.45) is 23.7 Å². The van der Waals surface area contributed by atoms with Gasteiger partial charge in [-0.15, -0.1) is 0 Å². The fraction of sp³-hybridized carbons (Fsp3) is 0.698. The van der Waals surface area contributed by atoms with E-state index in [0.717, 1.165) is 10.5 Å². The van der Waals surface area contributed by atoms with Crippen molar-refractivity contribution in [3.05, 3.63) is 48.0 Å². The summed E-state index contributed by atoms with van der Waals surface area (Å²) in [4.78, 5) is 111. The van der Waals surface area contributed by atoms with Crippen LogP contribution in [0.15, 0.2) is 42.5 Å². The summed E-state index contributed by atoms with van der Waals surface area (Å²) >= 11 is 0. The van der Waals surface area contributed by atoms with Crippen LogP contribution in [0.4, 0.5) is 0 Å². The lowest BCUT2D eigenvalue weighted by Crippen LogP contribution is -2.60. The molecule has 1 unspecified atom stereocenters. The zero-order valence-electron chi connectivity index (χ0n) is 45.5. The van der Waals surface area contributed by atoms with Crippen molar-refractivity contribution < 1.29 is 71.9 Å². The van der Waals surface area contributed by atoms with Gasteiger partial charge in [-0.1, -0.05) is 85.2 Å². The summed E-state index contributed by atoms with van der Waals surface area (Å²) in [5.41, 5.74) is 0.758. The Balaban J connectivity index is 1.56. The molecule has 0 aliphatic carbocycles. The second-order valence-corrected chi connectivity index (χ2v) is 19.7. The van der Waals surface area contributed by atoms with Gasteiger partial charge in [0.05, 0.1) is 89.4 Å². The van der Waals surface area contributed by atoms with Crippen molar-refractivity contribution >= 4 is 47.3 Å². The van der Waals surface area contributed by atoms with E-state index in [0.29, 0.717) is 39.0 Å². The maximum absolute atomic E-state index is 14.6. The Kier molecular flexibility index (Phi) is 27.4. The number of hydrogen-bond donors (Lipinski definition) is 3. The molecule has 0 bridgehead atoms. The van der Waals surface area contributed by atoms with Gasteiger partial charge in [-0.3, -0.25) is 38.5 Å². The molecule has 1 aromatic carbocycles. The average Bonchev–Trinajstić information content (AvgIpc) is 3.98. The predicted molar refractivity (Wildman–Crippen MR) is 273 cm³/mol. The van der Waals surface area contributed by atoms with Crippen molar-refractivity contribution in [2.75, 3.05) is 94.3 Å². The van der Waals surface area contributed by atoms with Gasteiger partial charge in [0.15, 0.2) is 0 Å². The van der Waals surface area contributed by atoms with E-state index in [4.69, 9.17) is 28.4 Å². The summed E-state index contributed by atoms with van der Waals surface area (Å²) in [7, 11) is 6.13. The number of carboxylic acid groups (broad SMARTS) is 1. The van der Waals surface area contributed by atoms with Crippen LogP contribution in [0.1, 0.15) is 79.7 Å². The number of benzene rings is 1. The standard InChI is InChI=1S/C53H84N6O15/c1-12-36(6)48(41(69-10)32-44(62)58-22-16-19-40(58)49(70-11)37(7)50(64)54-39(53(67)68)31-38-17-14-13-15-18-38)57(9)52(66)46(34(2)3)55-51(65)47(35(4)5)56(8)45(63)33-74-30-29-73-28-27-72-26-25-71-24-23-59-42(60)20-21-43(59)61/h13-15,17-18,20-21,34-37,39-41,46-49H,12,16,19,22-33H2,1-11H3,(H,54,64)(H,55,65)(H,67,68)/t36-,37+,39+,40-,41+,46-,47-,48?,49+/m0/s1. The van der Waals surface area contributed by atoms with E-state index in [2.05, 4.69) is 10.6 Å². The van der Waals surface area contributed by atoms with Crippen LogP contribution in [0.5, 0.6) is 0 Å². The minimum atomic E-state index is -1.17. The van der Waals surface area contributed by atoms with Crippen LogP contribution in [0, 0.1) is 23.7 Å². The molecule has 74 heavy (non-hydrogen) atoms. The van der Waals surface area contributed by atoms with E-state index in [9.17, 15) is 43.5 Å². The number of carbonyl (C=O) groups is 8. The number of methoxy groups -OCH3 is 2. The molecule has 21 heteroatoms. The van der Waals surface area contributed by atoms with Gasteiger partial charge in [-0.2, -0.15) is 0 Å². The maximum Gasteiger partial charge on any atom is 0.326 e. The first-order chi connectivity index (χ1) is 35.2. The number of carbonyl (C=O) groups excluding carboxylic acids is 7. The molecule has 0 saturated carbocycles. The Bertz CT molecular complexity index is 1990. The van der Waals surface area contributed by atoms with E-state index in [1.807, 2.05) is 47.6 Å². The van der Waals surface area contributed by atoms with Crippen LogP contribution in [0.2, 0.25) is 0 Å². The lowest BCUT2D eigenvalue weighted by atomic mass is 9.89. The molecule has 0 radical (unpaired) electrons. The molecule has 1 saturated heterocycles. The molecule has 3 rings (SSSR count). The third-order valence-electron chi connectivity index (χ3n) is 13.8. The molecule has 2 aliphatic heterocycles. The van der Waals surface area contributed by atoms with E-state index >= 15 is 0 Å². The lowest BCUT2D eigenvalue weighted by molar-refractivity contribution is -0.149. The Morgan fingerprint density at radius 3 is 1.86 bits per heavy atom. The lowest BCUT2D eigenvalue weighted by Gasteiger charge is -2.41. The number of nitrogens with one attached hydrogen (secondary N) is 2. The average molecular weight is 1050 g/mol. The van der Waals surface area contributed by atoms with Crippen LogP contribution in [-0.2, 0) is 73.2 Å². The van der Waals surface area contributed by atoms with Crippen LogP contribution in [0.25, 0.3) is 0 Å². The minimum Gasteiger partial charge on any atom is -0.480 e. The van der Waals surface area contributed by atoms with Gasteiger partial charge in [0.1, 0.15) is 24.7 Å². The highest BCUT2D eigenvalue weighted by Crippen LogP contribution is 2.30. The maximum atomic E-state index is 14.6. The van der Waals surface area contributed by atoms with Crippen LogP contribution < -0.4 is 10.6 Å². The first kappa shape index (κ1) is 63.0. The largest absolute Gasteiger partial charge is 0.480 e. The Morgan fingerprint density at radius 1 is 0.757 bits per heavy atom. The van der Waals surface area contributed by atoms with Crippen molar-refractivity contribution in [1.29, 1.82) is 0 Å². The summed E-state index contributed by atoms with van der Waals surface area (Å²) in [6.07, 6.45) is 2.80. The molecule has 2 heterocycles. The number of hydrogen-bond acceptors (Lipinski definition) is 14. The van der Waals surface area contributed by atoms with Gasteiger partial charge in [0.25, 0.3) is 11.8 Å². The summed E-state index contributed by atoms with van der Waals surface area (Å²) in [5.74, 6) is -5.63. The van der Waals surface area contributed by atoms with Crippen molar-refractivity contribution in [3.8, 4) is 0 Å². The second-order valence-electron chi connectivity index (χ2n) is 19.7. The molecule has 1 fully saturated rings. The number of rotatable bonds is 35. The predicted octanol–water partition coefficient (Wildman–Crippen LogP) is 2.33. The molecule has 0 spiro atoms. The van der Waals surface area contributed by atoms with Gasteiger partial charge in [0, 0.05) is 53.4 Å². The summed E-state index contributed by atoms with van der Waals surface area (Å²) in [6.45, 7) is 14.8. The quantitative estimate of drug-likeness (QED) is 0.0652. The molecule has 7 amide bonds. The second kappa shape index (κ2) is 32.2. The van der Waals surface area contributed by atoms with Crippen molar-refractivity contribution in [2.45, 2.75) is 123 Å². The summed E-state index contributed by atoms with van der Waals surface area (Å²) < 4.78 is 33.9. The number of carboxylic acids is 1. The van der Waals surface area contributed by atoms with Gasteiger partial charge in [-0.25, -0.2) is 4.79 Å². The van der Waals surface area contributed by atoms with Crippen LogP contribution in [-0.4, -0.2) is 209 Å². The fourth-order valence-electron chi connectivity index (χ4n) is 9.44. The highest BCUT2D eigenvalue weighted by Gasteiger charge is 2.44. The number of nitrogens with zero attached hydrogens (tertiary/aromatic N) is 4. The monoisotopic (exact) mass is 1040 g/mol. The number of likely N-dealkylation sites (tertiary alicyclic amines) is 1. The van der Waals surface area contributed by atoms with E-state index in [-0.39, 0.29) is 100 Å². The van der Waals surface area contributed by atoms with E-state index in [1.54, 1.807) is 48.0 Å². The van der Waals surface area contributed by atoms with Gasteiger partial charge < -0.3 is 58.9 Å². The van der Waals surface area contributed by atoms with Gasteiger partial charge in [0.2, 0.25) is 29.5 Å². The Morgan fingerprint density at radius 2 is 1.34 bits per heavy atom. The third kappa shape index (κ3) is 18.8. The highest BCUT2D eigenvalue weighted by atomic mass is 16.6. The summed E-state index contributed by atoms with van der Waals surface area (Å²) in [6, 6.07) is 4.83. The number of amides is 7. The molecule has 1 aromatic rings. The first-order valence-electron chi connectivity index (χ1n) is 25.8. The van der Waals surface area contributed by atoms with E-state index < -0.39 is 72.0 Å². The zero-order chi connectivity index (χ0) is 55.1.